The summed E-state index contributed by atoms with van der Waals surface area (Å²) in [4.78, 5) is 12.4. The molecule has 5 heteroatoms. The van der Waals surface area contributed by atoms with Gasteiger partial charge in [0.1, 0.15) is 5.75 Å². The maximum absolute atomic E-state index is 12.4. The third kappa shape index (κ3) is 4.71. The van der Waals surface area contributed by atoms with Crippen molar-refractivity contribution in [2.24, 2.45) is 5.73 Å². The first-order valence-electron chi connectivity index (χ1n) is 7.64. The lowest BCUT2D eigenvalue weighted by Crippen LogP contribution is -2.27. The van der Waals surface area contributed by atoms with Gasteiger partial charge in [-0.15, -0.1) is 0 Å². The lowest BCUT2D eigenvalue weighted by molar-refractivity contribution is -0.117. The predicted molar refractivity (Wildman–Crippen MR) is 94.1 cm³/mol. The van der Waals surface area contributed by atoms with Gasteiger partial charge in [-0.25, -0.2) is 0 Å². The molecule has 0 aliphatic carbocycles. The quantitative estimate of drug-likeness (QED) is 0.810. The van der Waals surface area contributed by atoms with Crippen molar-refractivity contribution in [3.63, 3.8) is 0 Å². The van der Waals surface area contributed by atoms with Gasteiger partial charge in [0.15, 0.2) is 0 Å². The van der Waals surface area contributed by atoms with E-state index in [-0.39, 0.29) is 12.5 Å². The second-order valence-corrected chi connectivity index (χ2v) is 5.59. The summed E-state index contributed by atoms with van der Waals surface area (Å²) in [6.07, 6.45) is 0.907. The zero-order chi connectivity index (χ0) is 16.7. The Bertz CT molecular complexity index is 647. The summed E-state index contributed by atoms with van der Waals surface area (Å²) >= 11 is 6.18. The van der Waals surface area contributed by atoms with E-state index in [1.807, 2.05) is 37.3 Å². The monoisotopic (exact) mass is 332 g/mol. The van der Waals surface area contributed by atoms with Gasteiger partial charge in [-0.1, -0.05) is 48.9 Å². The normalized spacial score (nSPS) is 11.8. The van der Waals surface area contributed by atoms with Gasteiger partial charge >= 0.3 is 0 Å². The van der Waals surface area contributed by atoms with Crippen molar-refractivity contribution in [1.29, 1.82) is 0 Å². The Morgan fingerprint density at radius 1 is 1.26 bits per heavy atom. The number of carbonyl (C=O) groups is 1. The molecule has 0 bridgehead atoms. The Hall–Kier alpha value is -2.04. The number of rotatable bonds is 7. The van der Waals surface area contributed by atoms with Crippen LogP contribution in [0.3, 0.4) is 0 Å². The van der Waals surface area contributed by atoms with Gasteiger partial charge in [0.25, 0.3) is 0 Å². The molecule has 1 atom stereocenters. The number of anilines is 1. The third-order valence-corrected chi connectivity index (χ3v) is 3.71. The number of nitrogens with two attached hydrogens (primary N) is 1. The zero-order valence-corrected chi connectivity index (χ0v) is 13.8. The van der Waals surface area contributed by atoms with Gasteiger partial charge in [0.05, 0.1) is 17.5 Å². The van der Waals surface area contributed by atoms with Crippen molar-refractivity contribution in [1.82, 2.24) is 0 Å². The Balaban J connectivity index is 2.08. The topological polar surface area (TPSA) is 64.3 Å². The molecule has 1 amide bonds. The fraction of sp³-hybridized carbons (Fsp3) is 0.278. The molecular formula is C18H21ClN2O2. The van der Waals surface area contributed by atoms with E-state index in [1.54, 1.807) is 18.2 Å². The summed E-state index contributed by atoms with van der Waals surface area (Å²) < 4.78 is 5.52. The van der Waals surface area contributed by atoms with Crippen LogP contribution in [-0.4, -0.2) is 19.1 Å². The Kier molecular flexibility index (Phi) is 6.44. The average Bonchev–Trinajstić information content (AvgIpc) is 2.56. The second kappa shape index (κ2) is 8.56. The smallest absolute Gasteiger partial charge is 0.233 e. The summed E-state index contributed by atoms with van der Waals surface area (Å²) in [5, 5.41) is 3.33. The summed E-state index contributed by atoms with van der Waals surface area (Å²) in [7, 11) is 0. The second-order valence-electron chi connectivity index (χ2n) is 5.18. The van der Waals surface area contributed by atoms with Gasteiger partial charge in [-0.3, -0.25) is 4.79 Å². The highest BCUT2D eigenvalue weighted by atomic mass is 35.5. The fourth-order valence-electron chi connectivity index (χ4n) is 2.22. The molecule has 0 aromatic heterocycles. The van der Waals surface area contributed by atoms with Gasteiger partial charge in [0.2, 0.25) is 5.91 Å². The van der Waals surface area contributed by atoms with Crippen LogP contribution in [0.2, 0.25) is 5.02 Å². The Labute approximate surface area is 141 Å². The summed E-state index contributed by atoms with van der Waals surface area (Å²) in [6, 6.07) is 14.7. The average molecular weight is 333 g/mol. The lowest BCUT2D eigenvalue weighted by Gasteiger charge is -2.16. The SMILES string of the molecule is CCCOc1ccc(NC(=O)C(CN)c2ccccc2)cc1Cl. The van der Waals surface area contributed by atoms with Crippen molar-refractivity contribution >= 4 is 23.2 Å². The number of halogens is 1. The molecule has 0 aliphatic heterocycles. The molecule has 3 N–H and O–H groups in total. The van der Waals surface area contributed by atoms with Crippen LogP contribution in [0, 0.1) is 0 Å². The number of benzene rings is 2. The maximum Gasteiger partial charge on any atom is 0.233 e. The van der Waals surface area contributed by atoms with Crippen molar-refractivity contribution in [2.45, 2.75) is 19.3 Å². The first-order valence-corrected chi connectivity index (χ1v) is 8.01. The maximum atomic E-state index is 12.4. The number of amides is 1. The van der Waals surface area contributed by atoms with E-state index in [9.17, 15) is 4.79 Å². The highest BCUT2D eigenvalue weighted by molar-refractivity contribution is 6.32. The highest BCUT2D eigenvalue weighted by Crippen LogP contribution is 2.28. The first-order chi connectivity index (χ1) is 11.2. The van der Waals surface area contributed by atoms with E-state index in [2.05, 4.69) is 5.32 Å². The van der Waals surface area contributed by atoms with Crippen LogP contribution in [0.1, 0.15) is 24.8 Å². The van der Waals surface area contributed by atoms with E-state index in [1.165, 1.54) is 0 Å². The molecule has 2 aromatic carbocycles. The molecule has 0 fully saturated rings. The molecule has 0 aliphatic rings. The van der Waals surface area contributed by atoms with Crippen molar-refractivity contribution in [2.75, 3.05) is 18.5 Å². The summed E-state index contributed by atoms with van der Waals surface area (Å²) in [5.74, 6) is 0.0629. The van der Waals surface area contributed by atoms with Gasteiger partial charge in [0, 0.05) is 12.2 Å². The molecule has 0 saturated carbocycles. The van der Waals surface area contributed by atoms with Gasteiger partial charge < -0.3 is 15.8 Å². The van der Waals surface area contributed by atoms with Crippen LogP contribution in [0.5, 0.6) is 5.75 Å². The molecule has 1 unspecified atom stereocenters. The van der Waals surface area contributed by atoms with Crippen LogP contribution < -0.4 is 15.8 Å². The van der Waals surface area contributed by atoms with Crippen LogP contribution >= 0.6 is 11.6 Å². The third-order valence-electron chi connectivity index (χ3n) is 3.42. The molecule has 2 aromatic rings. The Morgan fingerprint density at radius 2 is 2.00 bits per heavy atom. The number of nitrogens with one attached hydrogen (secondary N) is 1. The molecule has 0 heterocycles. The Morgan fingerprint density at radius 3 is 2.61 bits per heavy atom. The van der Waals surface area contributed by atoms with Gasteiger partial charge in [-0.05, 0) is 30.2 Å². The van der Waals surface area contributed by atoms with E-state index in [0.29, 0.717) is 23.1 Å². The molecule has 23 heavy (non-hydrogen) atoms. The summed E-state index contributed by atoms with van der Waals surface area (Å²) in [5.41, 5.74) is 7.27. The fourth-order valence-corrected chi connectivity index (χ4v) is 2.45. The van der Waals surface area contributed by atoms with Gasteiger partial charge in [-0.2, -0.15) is 0 Å². The standard InChI is InChI=1S/C18H21ClN2O2/c1-2-10-23-17-9-8-14(11-16(17)19)21-18(22)15(12-20)13-6-4-3-5-7-13/h3-9,11,15H,2,10,12,20H2,1H3,(H,21,22). The number of hydrogen-bond donors (Lipinski definition) is 2. The lowest BCUT2D eigenvalue weighted by atomic mass is 9.98. The van der Waals surface area contributed by atoms with E-state index in [4.69, 9.17) is 22.1 Å². The summed E-state index contributed by atoms with van der Waals surface area (Å²) in [6.45, 7) is 2.87. The zero-order valence-electron chi connectivity index (χ0n) is 13.1. The van der Waals surface area contributed by atoms with Crippen LogP contribution in [0.15, 0.2) is 48.5 Å². The molecule has 0 radical (unpaired) electrons. The van der Waals surface area contributed by atoms with E-state index >= 15 is 0 Å². The van der Waals surface area contributed by atoms with Crippen molar-refractivity contribution < 1.29 is 9.53 Å². The number of carbonyl (C=O) groups excluding carboxylic acids is 1. The van der Waals surface area contributed by atoms with Crippen LogP contribution in [-0.2, 0) is 4.79 Å². The van der Waals surface area contributed by atoms with Crippen molar-refractivity contribution in [3.05, 3.63) is 59.1 Å². The first kappa shape index (κ1) is 17.3. The minimum absolute atomic E-state index is 0.156. The molecule has 122 valence electrons. The number of ether oxygens (including phenoxy) is 1. The molecular weight excluding hydrogens is 312 g/mol. The van der Waals surface area contributed by atoms with Crippen LogP contribution in [0.25, 0.3) is 0 Å². The molecule has 2 rings (SSSR count). The minimum Gasteiger partial charge on any atom is -0.492 e. The largest absolute Gasteiger partial charge is 0.492 e. The van der Waals surface area contributed by atoms with Crippen molar-refractivity contribution in [3.8, 4) is 5.75 Å². The van der Waals surface area contributed by atoms with Crippen LogP contribution in [0.4, 0.5) is 5.69 Å². The molecule has 0 spiro atoms. The van der Waals surface area contributed by atoms with E-state index in [0.717, 1.165) is 12.0 Å². The van der Waals surface area contributed by atoms with E-state index < -0.39 is 5.92 Å². The molecule has 0 saturated heterocycles. The number of hydrogen-bond acceptors (Lipinski definition) is 3. The predicted octanol–water partition coefficient (Wildman–Crippen LogP) is 3.81. The highest BCUT2D eigenvalue weighted by Gasteiger charge is 2.19. The molecule has 4 nitrogen and oxygen atoms in total. The minimum atomic E-state index is -0.397.